The molecule has 1 aromatic rings. The van der Waals surface area contributed by atoms with E-state index in [4.69, 9.17) is 9.47 Å². The third-order valence-electron chi connectivity index (χ3n) is 3.61. The van der Waals surface area contributed by atoms with Crippen LogP contribution < -0.4 is 4.74 Å². The zero-order valence-electron chi connectivity index (χ0n) is 13.0. The maximum Gasteiger partial charge on any atom is 0.330 e. The van der Waals surface area contributed by atoms with Crippen LogP contribution in [0.2, 0.25) is 0 Å². The molecule has 8 heteroatoms. The first-order chi connectivity index (χ1) is 11.5. The molecule has 0 spiro atoms. The van der Waals surface area contributed by atoms with Gasteiger partial charge in [0.15, 0.2) is 0 Å². The third-order valence-corrected chi connectivity index (χ3v) is 3.61. The van der Waals surface area contributed by atoms with Crippen LogP contribution in [0.5, 0.6) is 5.75 Å². The number of aliphatic hydroxyl groups is 4. The highest BCUT2D eigenvalue weighted by atomic mass is 16.7. The van der Waals surface area contributed by atoms with Crippen molar-refractivity contribution in [2.75, 3.05) is 13.7 Å². The summed E-state index contributed by atoms with van der Waals surface area (Å²) in [6.45, 7) is -0.547. The summed E-state index contributed by atoms with van der Waals surface area (Å²) in [6, 6.07) is 6.64. The molecule has 24 heavy (non-hydrogen) atoms. The van der Waals surface area contributed by atoms with E-state index in [1.54, 1.807) is 24.3 Å². The number of rotatable bonds is 5. The first kappa shape index (κ1) is 18.4. The number of benzene rings is 1. The SMILES string of the molecule is COC(=O)/C=C/c1ccccc1O[C@@H]1O[C@H](CO)[C@@H](O)[C@H](O)[C@H]1O. The summed E-state index contributed by atoms with van der Waals surface area (Å²) in [6.07, 6.45) is -4.20. The second kappa shape index (κ2) is 8.22. The molecule has 1 aromatic carbocycles. The smallest absolute Gasteiger partial charge is 0.330 e. The van der Waals surface area contributed by atoms with Gasteiger partial charge in [0.2, 0.25) is 6.29 Å². The number of aliphatic hydroxyl groups excluding tert-OH is 4. The average molecular weight is 340 g/mol. The molecule has 4 N–H and O–H groups in total. The number of esters is 1. The van der Waals surface area contributed by atoms with Crippen LogP contribution in [-0.2, 0) is 14.3 Å². The fraction of sp³-hybridized carbons (Fsp3) is 0.438. The minimum atomic E-state index is -1.53. The number of carbonyl (C=O) groups is 1. The number of para-hydroxylation sites is 1. The van der Waals surface area contributed by atoms with Crippen LogP contribution in [0.4, 0.5) is 0 Å². The molecular formula is C16H20O8. The van der Waals surface area contributed by atoms with Crippen molar-refractivity contribution < 1.29 is 39.4 Å². The second-order valence-electron chi connectivity index (χ2n) is 5.21. The van der Waals surface area contributed by atoms with E-state index >= 15 is 0 Å². The minimum Gasteiger partial charge on any atom is -0.466 e. The van der Waals surface area contributed by atoms with Crippen LogP contribution in [-0.4, -0.2) is 70.8 Å². The molecule has 1 aliphatic heterocycles. The number of carbonyl (C=O) groups excluding carboxylic acids is 1. The fourth-order valence-electron chi connectivity index (χ4n) is 2.24. The highest BCUT2D eigenvalue weighted by Crippen LogP contribution is 2.27. The maximum absolute atomic E-state index is 11.2. The lowest BCUT2D eigenvalue weighted by molar-refractivity contribution is -0.277. The van der Waals surface area contributed by atoms with Gasteiger partial charge in [0.25, 0.3) is 0 Å². The molecule has 0 radical (unpaired) electrons. The Morgan fingerprint density at radius 2 is 1.92 bits per heavy atom. The molecule has 8 nitrogen and oxygen atoms in total. The van der Waals surface area contributed by atoms with Crippen LogP contribution in [0, 0.1) is 0 Å². The summed E-state index contributed by atoms with van der Waals surface area (Å²) >= 11 is 0. The molecule has 0 aliphatic carbocycles. The monoisotopic (exact) mass is 340 g/mol. The van der Waals surface area contributed by atoms with Crippen molar-refractivity contribution in [3.63, 3.8) is 0 Å². The molecule has 1 saturated heterocycles. The molecule has 0 bridgehead atoms. The standard InChI is InChI=1S/C16H20O8/c1-22-12(18)7-6-9-4-2-3-5-10(9)23-16-15(21)14(20)13(19)11(8-17)24-16/h2-7,11,13-17,19-21H,8H2,1H3/b7-6+/t11-,13-,14+,15-,16-/m1/s1. The largest absolute Gasteiger partial charge is 0.466 e. The highest BCUT2D eigenvalue weighted by Gasteiger charge is 2.44. The van der Waals surface area contributed by atoms with E-state index < -0.39 is 43.3 Å². The van der Waals surface area contributed by atoms with Gasteiger partial charge in [-0.05, 0) is 12.1 Å². The van der Waals surface area contributed by atoms with E-state index in [1.165, 1.54) is 19.3 Å². The Bertz CT molecular complexity index is 585. The molecule has 0 unspecified atom stereocenters. The maximum atomic E-state index is 11.2. The quantitative estimate of drug-likeness (QED) is 0.399. The van der Waals surface area contributed by atoms with Gasteiger partial charge >= 0.3 is 5.97 Å². The lowest BCUT2D eigenvalue weighted by Gasteiger charge is -2.39. The lowest BCUT2D eigenvalue weighted by Crippen LogP contribution is -2.60. The summed E-state index contributed by atoms with van der Waals surface area (Å²) in [5.41, 5.74) is 0.514. The first-order valence-electron chi connectivity index (χ1n) is 7.30. The molecule has 132 valence electrons. The van der Waals surface area contributed by atoms with Gasteiger partial charge < -0.3 is 34.6 Å². The van der Waals surface area contributed by atoms with Crippen molar-refractivity contribution >= 4 is 12.0 Å². The molecule has 0 aromatic heterocycles. The van der Waals surface area contributed by atoms with Crippen LogP contribution in [0.3, 0.4) is 0 Å². The van der Waals surface area contributed by atoms with Gasteiger partial charge in [-0.3, -0.25) is 0 Å². The Kier molecular flexibility index (Phi) is 6.29. The van der Waals surface area contributed by atoms with Crippen molar-refractivity contribution in [2.45, 2.75) is 30.7 Å². The summed E-state index contributed by atoms with van der Waals surface area (Å²) in [5.74, 6) is -0.264. The molecule has 0 amide bonds. The number of methoxy groups -OCH3 is 1. The Balaban J connectivity index is 2.18. The minimum absolute atomic E-state index is 0.280. The summed E-state index contributed by atoms with van der Waals surface area (Å²) in [4.78, 5) is 11.2. The van der Waals surface area contributed by atoms with Gasteiger partial charge in [-0.25, -0.2) is 4.79 Å². The van der Waals surface area contributed by atoms with Gasteiger partial charge in [-0.15, -0.1) is 0 Å². The van der Waals surface area contributed by atoms with Crippen LogP contribution in [0.25, 0.3) is 6.08 Å². The molecular weight excluding hydrogens is 320 g/mol. The summed E-state index contributed by atoms with van der Waals surface area (Å²) < 4.78 is 15.4. The van der Waals surface area contributed by atoms with Gasteiger partial charge in [0, 0.05) is 11.6 Å². The zero-order valence-corrected chi connectivity index (χ0v) is 13.0. The van der Waals surface area contributed by atoms with E-state index in [1.807, 2.05) is 0 Å². The van der Waals surface area contributed by atoms with Crippen LogP contribution in [0.15, 0.2) is 30.3 Å². The normalized spacial score (nSPS) is 30.3. The van der Waals surface area contributed by atoms with Gasteiger partial charge in [0.1, 0.15) is 30.2 Å². The lowest BCUT2D eigenvalue weighted by atomic mass is 9.99. The molecule has 5 atom stereocenters. The Labute approximate surface area is 138 Å². The van der Waals surface area contributed by atoms with Crippen molar-refractivity contribution in [3.8, 4) is 5.75 Å². The van der Waals surface area contributed by atoms with E-state index in [0.29, 0.717) is 5.56 Å². The van der Waals surface area contributed by atoms with Gasteiger partial charge in [0.05, 0.1) is 13.7 Å². The molecule has 2 rings (SSSR count). The van der Waals surface area contributed by atoms with Gasteiger partial charge in [-0.2, -0.15) is 0 Å². The van der Waals surface area contributed by atoms with E-state index in [2.05, 4.69) is 4.74 Å². The predicted molar refractivity (Wildman–Crippen MR) is 81.9 cm³/mol. The van der Waals surface area contributed by atoms with E-state index in [9.17, 15) is 25.2 Å². The van der Waals surface area contributed by atoms with Crippen molar-refractivity contribution in [1.82, 2.24) is 0 Å². The zero-order chi connectivity index (χ0) is 17.7. The Hall–Kier alpha value is -1.97. The highest BCUT2D eigenvalue weighted by molar-refractivity contribution is 5.87. The van der Waals surface area contributed by atoms with E-state index in [0.717, 1.165) is 0 Å². The summed E-state index contributed by atoms with van der Waals surface area (Å²) in [5, 5.41) is 38.7. The Morgan fingerprint density at radius 1 is 1.21 bits per heavy atom. The van der Waals surface area contributed by atoms with Gasteiger partial charge in [-0.1, -0.05) is 18.2 Å². The molecule has 0 saturated carbocycles. The van der Waals surface area contributed by atoms with Crippen molar-refractivity contribution in [1.29, 1.82) is 0 Å². The number of ether oxygens (including phenoxy) is 3. The number of hydrogen-bond donors (Lipinski definition) is 4. The first-order valence-corrected chi connectivity index (χ1v) is 7.30. The second-order valence-corrected chi connectivity index (χ2v) is 5.21. The van der Waals surface area contributed by atoms with E-state index in [-0.39, 0.29) is 5.75 Å². The molecule has 1 aliphatic rings. The van der Waals surface area contributed by atoms with Crippen molar-refractivity contribution in [3.05, 3.63) is 35.9 Å². The topological polar surface area (TPSA) is 126 Å². The summed E-state index contributed by atoms with van der Waals surface area (Å²) in [7, 11) is 1.25. The predicted octanol–water partition coefficient (Wildman–Crippen LogP) is -0.949. The third kappa shape index (κ3) is 4.11. The van der Waals surface area contributed by atoms with Crippen LogP contribution >= 0.6 is 0 Å². The average Bonchev–Trinajstić information content (AvgIpc) is 2.61. The van der Waals surface area contributed by atoms with Crippen LogP contribution in [0.1, 0.15) is 5.56 Å². The molecule has 1 fully saturated rings. The fourth-order valence-corrected chi connectivity index (χ4v) is 2.24. The molecule has 1 heterocycles. The Morgan fingerprint density at radius 3 is 2.58 bits per heavy atom. The number of hydrogen-bond acceptors (Lipinski definition) is 8. The van der Waals surface area contributed by atoms with Crippen molar-refractivity contribution in [2.24, 2.45) is 0 Å².